The van der Waals surface area contributed by atoms with E-state index in [-0.39, 0.29) is 12.5 Å². The van der Waals surface area contributed by atoms with Crippen LogP contribution in [-0.2, 0) is 17.6 Å². The topological polar surface area (TPSA) is 47.6 Å². The molecule has 29 heavy (non-hydrogen) atoms. The molecule has 0 aliphatic heterocycles. The third-order valence-corrected chi connectivity index (χ3v) is 4.56. The number of carbonyl (C=O) groups is 1. The molecule has 0 heterocycles. The summed E-state index contributed by atoms with van der Waals surface area (Å²) in [4.78, 5) is 12.1. The van der Waals surface area contributed by atoms with E-state index in [2.05, 4.69) is 36.5 Å². The smallest absolute Gasteiger partial charge is 0.262 e. The number of amides is 1. The van der Waals surface area contributed by atoms with Crippen LogP contribution < -0.4 is 14.8 Å². The van der Waals surface area contributed by atoms with Gasteiger partial charge in [0.15, 0.2) is 6.61 Å². The van der Waals surface area contributed by atoms with E-state index in [4.69, 9.17) is 9.47 Å². The monoisotopic (exact) mass is 389 g/mol. The minimum atomic E-state index is -0.193. The van der Waals surface area contributed by atoms with Gasteiger partial charge in [-0.25, -0.2) is 0 Å². The van der Waals surface area contributed by atoms with Gasteiger partial charge in [-0.05, 0) is 66.8 Å². The average Bonchev–Trinajstić information content (AvgIpc) is 2.77. The van der Waals surface area contributed by atoms with Crippen LogP contribution in [0, 0.1) is 0 Å². The molecule has 0 bridgehead atoms. The summed E-state index contributed by atoms with van der Waals surface area (Å²) in [6.45, 7) is 2.73. The van der Waals surface area contributed by atoms with E-state index in [1.54, 1.807) is 0 Å². The number of carbonyl (C=O) groups excluding carboxylic acids is 1. The number of hydrogen-bond acceptors (Lipinski definition) is 3. The molecule has 0 aliphatic carbocycles. The second-order valence-electron chi connectivity index (χ2n) is 6.80. The van der Waals surface area contributed by atoms with Crippen molar-refractivity contribution in [3.63, 3.8) is 0 Å². The van der Waals surface area contributed by atoms with Gasteiger partial charge in [0, 0.05) is 5.69 Å². The zero-order chi connectivity index (χ0) is 20.3. The SMILES string of the molecule is CCc1ccc(OCC(=O)Nc2ccc(OCCCc3ccccc3)cc2)cc1. The maximum absolute atomic E-state index is 12.1. The van der Waals surface area contributed by atoms with E-state index in [1.807, 2.05) is 54.6 Å². The van der Waals surface area contributed by atoms with Crippen LogP contribution in [0.2, 0.25) is 0 Å². The largest absolute Gasteiger partial charge is 0.494 e. The summed E-state index contributed by atoms with van der Waals surface area (Å²) < 4.78 is 11.3. The van der Waals surface area contributed by atoms with Gasteiger partial charge in [-0.1, -0.05) is 49.4 Å². The zero-order valence-electron chi connectivity index (χ0n) is 16.8. The molecular weight excluding hydrogens is 362 g/mol. The number of hydrogen-bond donors (Lipinski definition) is 1. The lowest BCUT2D eigenvalue weighted by Crippen LogP contribution is -2.20. The molecule has 0 saturated carbocycles. The number of ether oxygens (including phenoxy) is 2. The van der Waals surface area contributed by atoms with Gasteiger partial charge in [0.1, 0.15) is 11.5 Å². The van der Waals surface area contributed by atoms with E-state index in [1.165, 1.54) is 11.1 Å². The van der Waals surface area contributed by atoms with Gasteiger partial charge in [-0.3, -0.25) is 4.79 Å². The maximum Gasteiger partial charge on any atom is 0.262 e. The lowest BCUT2D eigenvalue weighted by atomic mass is 10.1. The van der Waals surface area contributed by atoms with Crippen molar-refractivity contribution in [2.75, 3.05) is 18.5 Å². The Balaban J connectivity index is 1.37. The lowest BCUT2D eigenvalue weighted by Gasteiger charge is -2.10. The fraction of sp³-hybridized carbons (Fsp3) is 0.240. The Bertz CT molecular complexity index is 874. The summed E-state index contributed by atoms with van der Waals surface area (Å²) in [5, 5.41) is 2.83. The maximum atomic E-state index is 12.1. The van der Waals surface area contributed by atoms with Crippen LogP contribution in [0.5, 0.6) is 11.5 Å². The fourth-order valence-electron chi connectivity index (χ4n) is 2.91. The van der Waals surface area contributed by atoms with Gasteiger partial charge in [-0.15, -0.1) is 0 Å². The van der Waals surface area contributed by atoms with E-state index >= 15 is 0 Å². The van der Waals surface area contributed by atoms with Crippen molar-refractivity contribution < 1.29 is 14.3 Å². The first-order chi connectivity index (χ1) is 14.2. The summed E-state index contributed by atoms with van der Waals surface area (Å²) in [5.41, 5.74) is 3.28. The predicted octanol–water partition coefficient (Wildman–Crippen LogP) is 5.28. The minimum absolute atomic E-state index is 0.0246. The molecular formula is C25H27NO3. The van der Waals surface area contributed by atoms with Crippen molar-refractivity contribution >= 4 is 11.6 Å². The molecule has 0 saturated heterocycles. The predicted molar refractivity (Wildman–Crippen MR) is 117 cm³/mol. The summed E-state index contributed by atoms with van der Waals surface area (Å²) in [7, 11) is 0. The summed E-state index contributed by atoms with van der Waals surface area (Å²) in [6, 6.07) is 25.6. The number of benzene rings is 3. The molecule has 0 unspecified atom stereocenters. The Kier molecular flexibility index (Phi) is 7.70. The number of nitrogens with one attached hydrogen (secondary N) is 1. The second-order valence-corrected chi connectivity index (χ2v) is 6.80. The van der Waals surface area contributed by atoms with Crippen LogP contribution in [-0.4, -0.2) is 19.1 Å². The molecule has 0 radical (unpaired) electrons. The molecule has 4 heteroatoms. The summed E-state index contributed by atoms with van der Waals surface area (Å²) in [5.74, 6) is 1.29. The van der Waals surface area contributed by atoms with Gasteiger partial charge in [0.25, 0.3) is 5.91 Å². The lowest BCUT2D eigenvalue weighted by molar-refractivity contribution is -0.118. The van der Waals surface area contributed by atoms with Crippen LogP contribution in [0.4, 0.5) is 5.69 Å². The van der Waals surface area contributed by atoms with Crippen molar-refractivity contribution in [3.05, 3.63) is 90.0 Å². The van der Waals surface area contributed by atoms with E-state index < -0.39 is 0 Å². The van der Waals surface area contributed by atoms with Gasteiger partial charge in [0.05, 0.1) is 6.61 Å². The van der Waals surface area contributed by atoms with Crippen molar-refractivity contribution in [2.45, 2.75) is 26.2 Å². The average molecular weight is 389 g/mol. The highest BCUT2D eigenvalue weighted by molar-refractivity contribution is 5.91. The van der Waals surface area contributed by atoms with Crippen molar-refractivity contribution in [3.8, 4) is 11.5 Å². The highest BCUT2D eigenvalue weighted by Gasteiger charge is 2.04. The molecule has 3 rings (SSSR count). The molecule has 0 spiro atoms. The Morgan fingerprint density at radius 2 is 1.45 bits per heavy atom. The standard InChI is InChI=1S/C25H27NO3/c1-2-20-10-14-24(15-11-20)29-19-25(27)26-22-12-16-23(17-13-22)28-18-6-9-21-7-4-3-5-8-21/h3-5,7-8,10-17H,2,6,9,18-19H2,1H3,(H,26,27). The molecule has 3 aromatic carbocycles. The van der Waals surface area contributed by atoms with Crippen LogP contribution in [0.25, 0.3) is 0 Å². The van der Waals surface area contributed by atoms with E-state index in [0.29, 0.717) is 12.4 Å². The first-order valence-electron chi connectivity index (χ1n) is 10.0. The Hall–Kier alpha value is -3.27. The quantitative estimate of drug-likeness (QED) is 0.480. The van der Waals surface area contributed by atoms with Crippen molar-refractivity contribution in [1.29, 1.82) is 0 Å². The van der Waals surface area contributed by atoms with Crippen molar-refractivity contribution in [2.24, 2.45) is 0 Å². The summed E-state index contributed by atoms with van der Waals surface area (Å²) >= 11 is 0. The number of rotatable bonds is 10. The third kappa shape index (κ3) is 7.00. The molecule has 0 aliphatic rings. The van der Waals surface area contributed by atoms with E-state index in [9.17, 15) is 4.79 Å². The highest BCUT2D eigenvalue weighted by atomic mass is 16.5. The van der Waals surface area contributed by atoms with Crippen molar-refractivity contribution in [1.82, 2.24) is 0 Å². The molecule has 4 nitrogen and oxygen atoms in total. The van der Waals surface area contributed by atoms with Gasteiger partial charge in [-0.2, -0.15) is 0 Å². The van der Waals surface area contributed by atoms with Crippen LogP contribution in [0.15, 0.2) is 78.9 Å². The number of aryl methyl sites for hydroxylation is 2. The molecule has 3 aromatic rings. The van der Waals surface area contributed by atoms with Gasteiger partial charge >= 0.3 is 0 Å². The van der Waals surface area contributed by atoms with Crippen LogP contribution in [0.3, 0.4) is 0 Å². The first kappa shape index (κ1) is 20.5. The third-order valence-electron chi connectivity index (χ3n) is 4.56. The molecule has 0 aromatic heterocycles. The fourth-order valence-corrected chi connectivity index (χ4v) is 2.91. The van der Waals surface area contributed by atoms with Crippen LogP contribution in [0.1, 0.15) is 24.5 Å². The molecule has 150 valence electrons. The Morgan fingerprint density at radius 3 is 2.14 bits per heavy atom. The van der Waals surface area contributed by atoms with Gasteiger partial charge < -0.3 is 14.8 Å². The highest BCUT2D eigenvalue weighted by Crippen LogP contribution is 2.17. The first-order valence-corrected chi connectivity index (χ1v) is 10.0. The van der Waals surface area contributed by atoms with E-state index in [0.717, 1.165) is 30.7 Å². The molecule has 0 fully saturated rings. The van der Waals surface area contributed by atoms with Crippen LogP contribution >= 0.6 is 0 Å². The minimum Gasteiger partial charge on any atom is -0.494 e. The molecule has 0 atom stereocenters. The normalized spacial score (nSPS) is 10.4. The van der Waals surface area contributed by atoms with Gasteiger partial charge in [0.2, 0.25) is 0 Å². The summed E-state index contributed by atoms with van der Waals surface area (Å²) in [6.07, 6.45) is 2.93. The molecule has 1 amide bonds. The Labute approximate surface area is 172 Å². The Morgan fingerprint density at radius 1 is 0.793 bits per heavy atom. The second kappa shape index (κ2) is 10.9. The zero-order valence-corrected chi connectivity index (χ0v) is 16.8. The molecule has 1 N–H and O–H groups in total. The number of anilines is 1.